The van der Waals surface area contributed by atoms with Crippen molar-refractivity contribution >= 4 is 5.91 Å². The molecule has 3 nitrogen and oxygen atoms in total. The van der Waals surface area contributed by atoms with Gasteiger partial charge in [-0.1, -0.05) is 18.6 Å². The van der Waals surface area contributed by atoms with Crippen LogP contribution in [0.15, 0.2) is 24.3 Å². The van der Waals surface area contributed by atoms with Gasteiger partial charge >= 0.3 is 0 Å². The number of primary amides is 1. The van der Waals surface area contributed by atoms with Gasteiger partial charge in [0.25, 0.3) is 0 Å². The Hall–Kier alpha value is -1.35. The van der Waals surface area contributed by atoms with E-state index in [1.165, 1.54) is 31.2 Å². The second-order valence-electron chi connectivity index (χ2n) is 5.63. The van der Waals surface area contributed by atoms with E-state index in [1.54, 1.807) is 0 Å². The van der Waals surface area contributed by atoms with Crippen LogP contribution < -0.4 is 5.73 Å². The predicted molar refractivity (Wildman–Crippen MR) is 73.7 cm³/mol. The van der Waals surface area contributed by atoms with Crippen LogP contribution in [0.4, 0.5) is 0 Å². The Morgan fingerprint density at radius 2 is 1.89 bits per heavy atom. The van der Waals surface area contributed by atoms with Crippen molar-refractivity contribution in [3.8, 4) is 0 Å². The summed E-state index contributed by atoms with van der Waals surface area (Å²) in [6.45, 7) is 1.11. The third-order valence-electron chi connectivity index (χ3n) is 4.13. The first kappa shape index (κ1) is 13.1. The second-order valence-corrected chi connectivity index (χ2v) is 5.63. The second kappa shape index (κ2) is 5.11. The zero-order chi connectivity index (χ0) is 13.2. The van der Waals surface area contributed by atoms with Crippen molar-refractivity contribution in [2.24, 2.45) is 5.73 Å². The van der Waals surface area contributed by atoms with E-state index in [2.05, 4.69) is 31.1 Å². The Morgan fingerprint density at radius 3 is 2.28 bits per heavy atom. The van der Waals surface area contributed by atoms with Crippen molar-refractivity contribution in [3.05, 3.63) is 35.4 Å². The quantitative estimate of drug-likeness (QED) is 0.865. The molecule has 1 amide bonds. The minimum atomic E-state index is -0.350. The van der Waals surface area contributed by atoms with Crippen LogP contribution in [-0.4, -0.2) is 31.4 Å². The lowest BCUT2D eigenvalue weighted by Gasteiger charge is -2.43. The molecule has 1 aromatic rings. The zero-order valence-electron chi connectivity index (χ0n) is 11.3. The molecule has 1 fully saturated rings. The van der Waals surface area contributed by atoms with Crippen LogP contribution in [0.5, 0.6) is 0 Å². The highest BCUT2D eigenvalue weighted by molar-refractivity contribution is 5.92. The van der Waals surface area contributed by atoms with Crippen LogP contribution in [0.1, 0.15) is 41.6 Å². The molecule has 0 aromatic heterocycles. The molecule has 1 saturated carbocycles. The first-order valence-electron chi connectivity index (χ1n) is 6.59. The zero-order valence-corrected chi connectivity index (χ0v) is 11.3. The number of hydrogen-bond donors (Lipinski definition) is 1. The molecule has 0 atom stereocenters. The smallest absolute Gasteiger partial charge is 0.248 e. The van der Waals surface area contributed by atoms with Crippen molar-refractivity contribution in [2.75, 3.05) is 20.6 Å². The van der Waals surface area contributed by atoms with Crippen LogP contribution in [0.3, 0.4) is 0 Å². The van der Waals surface area contributed by atoms with Crippen molar-refractivity contribution in [1.82, 2.24) is 4.90 Å². The number of carbonyl (C=O) groups excluding carboxylic acids is 1. The van der Waals surface area contributed by atoms with Crippen molar-refractivity contribution in [3.63, 3.8) is 0 Å². The standard InChI is InChI=1S/C15H22N2O/c1-17(2)11-10-15(8-3-9-15)13-6-4-12(5-7-13)14(16)18/h4-7H,3,8-11H2,1-2H3,(H2,16,18). The molecule has 1 aliphatic carbocycles. The molecule has 0 bridgehead atoms. The fraction of sp³-hybridized carbons (Fsp3) is 0.533. The van der Waals surface area contributed by atoms with Crippen molar-refractivity contribution < 1.29 is 4.79 Å². The lowest BCUT2D eigenvalue weighted by Crippen LogP contribution is -2.37. The van der Waals surface area contributed by atoms with E-state index in [1.807, 2.05) is 12.1 Å². The topological polar surface area (TPSA) is 46.3 Å². The number of nitrogens with zero attached hydrogens (tertiary/aromatic N) is 1. The lowest BCUT2D eigenvalue weighted by atomic mass is 9.62. The van der Waals surface area contributed by atoms with Gasteiger partial charge in [0.15, 0.2) is 0 Å². The molecule has 2 N–H and O–H groups in total. The lowest BCUT2D eigenvalue weighted by molar-refractivity contribution is 0.1000. The molecule has 0 unspecified atom stereocenters. The summed E-state index contributed by atoms with van der Waals surface area (Å²) in [7, 11) is 4.23. The average molecular weight is 246 g/mol. The Balaban J connectivity index is 2.14. The maximum Gasteiger partial charge on any atom is 0.248 e. The van der Waals surface area contributed by atoms with Gasteiger partial charge in [-0.25, -0.2) is 0 Å². The molecular weight excluding hydrogens is 224 g/mol. The Labute approximate surface area is 109 Å². The molecule has 0 saturated heterocycles. The Bertz CT molecular complexity index is 419. The fourth-order valence-electron chi connectivity index (χ4n) is 2.71. The van der Waals surface area contributed by atoms with Gasteiger partial charge in [-0.15, -0.1) is 0 Å². The van der Waals surface area contributed by atoms with E-state index in [4.69, 9.17) is 5.73 Å². The van der Waals surface area contributed by atoms with E-state index in [-0.39, 0.29) is 5.91 Å². The van der Waals surface area contributed by atoms with Crippen LogP contribution >= 0.6 is 0 Å². The minimum absolute atomic E-state index is 0.334. The summed E-state index contributed by atoms with van der Waals surface area (Å²) in [5.41, 5.74) is 7.57. The molecule has 2 rings (SSSR count). The number of carbonyl (C=O) groups is 1. The van der Waals surface area contributed by atoms with Gasteiger partial charge in [-0.3, -0.25) is 4.79 Å². The van der Waals surface area contributed by atoms with Crippen molar-refractivity contribution in [2.45, 2.75) is 31.1 Å². The van der Waals surface area contributed by atoms with Gasteiger partial charge in [-0.05, 0) is 63.0 Å². The molecule has 1 aliphatic rings. The predicted octanol–water partition coefficient (Wildman–Crippen LogP) is 2.16. The third kappa shape index (κ3) is 2.56. The highest BCUT2D eigenvalue weighted by Gasteiger charge is 2.38. The Morgan fingerprint density at radius 1 is 1.28 bits per heavy atom. The average Bonchev–Trinajstić information content (AvgIpc) is 2.28. The Kier molecular flexibility index (Phi) is 3.71. The fourth-order valence-corrected chi connectivity index (χ4v) is 2.71. The summed E-state index contributed by atoms with van der Waals surface area (Å²) in [5, 5.41) is 0. The summed E-state index contributed by atoms with van der Waals surface area (Å²) >= 11 is 0. The summed E-state index contributed by atoms with van der Waals surface area (Å²) in [6, 6.07) is 7.87. The molecule has 98 valence electrons. The van der Waals surface area contributed by atoms with Gasteiger partial charge < -0.3 is 10.6 Å². The van der Waals surface area contributed by atoms with Crippen molar-refractivity contribution in [1.29, 1.82) is 0 Å². The highest BCUT2D eigenvalue weighted by Crippen LogP contribution is 2.46. The maximum atomic E-state index is 11.1. The summed E-state index contributed by atoms with van der Waals surface area (Å²) in [4.78, 5) is 13.3. The largest absolute Gasteiger partial charge is 0.366 e. The van der Waals surface area contributed by atoms with E-state index < -0.39 is 0 Å². The van der Waals surface area contributed by atoms with Gasteiger partial charge in [0, 0.05) is 5.56 Å². The van der Waals surface area contributed by atoms with E-state index in [9.17, 15) is 4.79 Å². The van der Waals surface area contributed by atoms with Crippen LogP contribution in [-0.2, 0) is 5.41 Å². The number of hydrogen-bond acceptors (Lipinski definition) is 2. The maximum absolute atomic E-state index is 11.1. The minimum Gasteiger partial charge on any atom is -0.366 e. The van der Waals surface area contributed by atoms with Gasteiger partial charge in [0.1, 0.15) is 0 Å². The van der Waals surface area contributed by atoms with Crippen LogP contribution in [0.25, 0.3) is 0 Å². The van der Waals surface area contributed by atoms with Gasteiger partial charge in [0.2, 0.25) is 5.91 Å². The number of benzene rings is 1. The first-order chi connectivity index (χ1) is 8.53. The number of rotatable bonds is 5. The summed E-state index contributed by atoms with van der Waals surface area (Å²) in [6.07, 6.45) is 5.02. The third-order valence-corrected chi connectivity index (χ3v) is 4.13. The van der Waals surface area contributed by atoms with Crippen LogP contribution in [0.2, 0.25) is 0 Å². The monoisotopic (exact) mass is 246 g/mol. The van der Waals surface area contributed by atoms with E-state index >= 15 is 0 Å². The summed E-state index contributed by atoms with van der Waals surface area (Å²) in [5.74, 6) is -0.350. The summed E-state index contributed by atoms with van der Waals surface area (Å²) < 4.78 is 0. The molecule has 0 heterocycles. The molecule has 18 heavy (non-hydrogen) atoms. The SMILES string of the molecule is CN(C)CCC1(c2ccc(C(N)=O)cc2)CCC1. The first-order valence-corrected chi connectivity index (χ1v) is 6.59. The molecule has 3 heteroatoms. The molecule has 0 spiro atoms. The van der Waals surface area contributed by atoms with E-state index in [0.29, 0.717) is 11.0 Å². The molecule has 0 radical (unpaired) electrons. The highest BCUT2D eigenvalue weighted by atomic mass is 16.1. The molecule has 0 aliphatic heterocycles. The normalized spacial score (nSPS) is 17.5. The van der Waals surface area contributed by atoms with E-state index in [0.717, 1.165) is 6.54 Å². The van der Waals surface area contributed by atoms with Crippen LogP contribution in [0, 0.1) is 0 Å². The molecular formula is C15H22N2O. The van der Waals surface area contributed by atoms with Gasteiger partial charge in [0.05, 0.1) is 0 Å². The number of amides is 1. The number of nitrogens with two attached hydrogens (primary N) is 1. The van der Waals surface area contributed by atoms with Gasteiger partial charge in [-0.2, -0.15) is 0 Å². The molecule has 1 aromatic carbocycles.